The molecule has 0 fully saturated rings. The van der Waals surface area contributed by atoms with Crippen LogP contribution < -0.4 is 0 Å². The fourth-order valence-corrected chi connectivity index (χ4v) is 2.91. The van der Waals surface area contributed by atoms with Gasteiger partial charge in [-0.25, -0.2) is 14.3 Å². The average Bonchev–Trinajstić information content (AvgIpc) is 3.10. The zero-order chi connectivity index (χ0) is 20.1. The monoisotopic (exact) mass is 398 g/mol. The number of halogens is 1. The number of esters is 2. The molecule has 6 nitrogen and oxygen atoms in total. The van der Waals surface area contributed by atoms with Crippen LogP contribution in [-0.2, 0) is 9.47 Å². The van der Waals surface area contributed by atoms with Gasteiger partial charge in [0.1, 0.15) is 5.56 Å². The van der Waals surface area contributed by atoms with E-state index in [9.17, 15) is 9.59 Å². The van der Waals surface area contributed by atoms with Crippen molar-refractivity contribution in [3.63, 3.8) is 0 Å². The molecule has 0 aliphatic rings. The highest BCUT2D eigenvalue weighted by Crippen LogP contribution is 2.31. The molecule has 0 spiro atoms. The number of carbonyl (C=O) groups is 2. The Bertz CT molecular complexity index is 982. The van der Waals surface area contributed by atoms with Crippen LogP contribution in [0.5, 0.6) is 0 Å². The Morgan fingerprint density at radius 2 is 1.54 bits per heavy atom. The molecule has 0 atom stereocenters. The number of hydrogen-bond acceptors (Lipinski definition) is 5. The molecule has 0 radical (unpaired) electrons. The summed E-state index contributed by atoms with van der Waals surface area (Å²) in [4.78, 5) is 25.3. The number of rotatable bonds is 6. The predicted molar refractivity (Wildman–Crippen MR) is 106 cm³/mol. The highest BCUT2D eigenvalue weighted by atomic mass is 35.5. The number of carbonyl (C=O) groups excluding carboxylic acids is 2. The second-order valence-electron chi connectivity index (χ2n) is 5.77. The molecule has 3 aromatic rings. The van der Waals surface area contributed by atoms with E-state index < -0.39 is 11.9 Å². The highest BCUT2D eigenvalue weighted by molar-refractivity contribution is 6.30. The van der Waals surface area contributed by atoms with Gasteiger partial charge >= 0.3 is 11.9 Å². The Balaban J connectivity index is 2.32. The number of para-hydroxylation sites is 1. The third-order valence-electron chi connectivity index (χ3n) is 3.95. The van der Waals surface area contributed by atoms with E-state index in [1.807, 2.05) is 30.3 Å². The smallest absolute Gasteiger partial charge is 0.359 e. The molecule has 0 saturated heterocycles. The van der Waals surface area contributed by atoms with Gasteiger partial charge in [0.25, 0.3) is 0 Å². The molecule has 0 saturated carbocycles. The molecule has 144 valence electrons. The first-order chi connectivity index (χ1) is 13.6. The molecule has 0 bridgehead atoms. The van der Waals surface area contributed by atoms with Crippen LogP contribution in [0.25, 0.3) is 16.9 Å². The molecule has 0 unspecified atom stereocenters. The molecular formula is C21H19ClN2O4. The Kier molecular flexibility index (Phi) is 6.11. The lowest BCUT2D eigenvalue weighted by Gasteiger charge is -2.10. The van der Waals surface area contributed by atoms with Crippen LogP contribution in [0.3, 0.4) is 0 Å². The minimum Gasteiger partial charge on any atom is -0.462 e. The maximum absolute atomic E-state index is 12.8. The van der Waals surface area contributed by atoms with E-state index in [4.69, 9.17) is 21.1 Å². The van der Waals surface area contributed by atoms with Crippen LogP contribution in [0.1, 0.15) is 34.7 Å². The molecule has 7 heteroatoms. The summed E-state index contributed by atoms with van der Waals surface area (Å²) in [7, 11) is 0. The van der Waals surface area contributed by atoms with Gasteiger partial charge in [-0.3, -0.25) is 0 Å². The summed E-state index contributed by atoms with van der Waals surface area (Å²) in [5.41, 5.74) is 1.76. The van der Waals surface area contributed by atoms with Gasteiger partial charge in [0.2, 0.25) is 0 Å². The summed E-state index contributed by atoms with van der Waals surface area (Å²) in [5.74, 6) is -1.33. The van der Waals surface area contributed by atoms with E-state index in [2.05, 4.69) is 5.10 Å². The summed E-state index contributed by atoms with van der Waals surface area (Å²) in [6.45, 7) is 3.72. The first-order valence-electron chi connectivity index (χ1n) is 8.85. The zero-order valence-electron chi connectivity index (χ0n) is 15.5. The lowest BCUT2D eigenvalue weighted by atomic mass is 10.1. The Morgan fingerprint density at radius 3 is 2.14 bits per heavy atom. The third-order valence-corrected chi connectivity index (χ3v) is 4.20. The van der Waals surface area contributed by atoms with Gasteiger partial charge in [0.05, 0.1) is 24.6 Å². The molecule has 0 aliphatic carbocycles. The minimum atomic E-state index is -0.685. The van der Waals surface area contributed by atoms with Crippen LogP contribution in [0.2, 0.25) is 5.02 Å². The number of ether oxygens (including phenoxy) is 2. The third kappa shape index (κ3) is 3.92. The summed E-state index contributed by atoms with van der Waals surface area (Å²) in [5, 5.41) is 4.96. The van der Waals surface area contributed by atoms with Crippen molar-refractivity contribution in [2.45, 2.75) is 13.8 Å². The topological polar surface area (TPSA) is 70.4 Å². The number of hydrogen-bond donors (Lipinski definition) is 0. The Labute approximate surface area is 167 Å². The normalized spacial score (nSPS) is 10.5. The molecule has 28 heavy (non-hydrogen) atoms. The van der Waals surface area contributed by atoms with Gasteiger partial charge in [-0.2, -0.15) is 5.10 Å². The minimum absolute atomic E-state index is 0.0616. The van der Waals surface area contributed by atoms with E-state index >= 15 is 0 Å². The molecule has 2 aromatic carbocycles. The fraction of sp³-hybridized carbons (Fsp3) is 0.190. The quantitative estimate of drug-likeness (QED) is 0.570. The molecule has 3 rings (SSSR count). The fourth-order valence-electron chi connectivity index (χ4n) is 2.79. The Hall–Kier alpha value is -3.12. The first-order valence-corrected chi connectivity index (χ1v) is 9.23. The summed E-state index contributed by atoms with van der Waals surface area (Å²) >= 11 is 6.02. The standard InChI is InChI=1S/C21H19ClN2O4/c1-3-27-20(25)17-18(21(26)28-4-2)23-24(16-8-6-5-7-9-16)19(17)14-10-12-15(22)13-11-14/h5-13H,3-4H2,1-2H3. The molecular weight excluding hydrogens is 380 g/mol. The molecule has 0 aliphatic heterocycles. The SMILES string of the molecule is CCOC(=O)c1nn(-c2ccccc2)c(-c2ccc(Cl)cc2)c1C(=O)OCC. The molecule has 1 heterocycles. The van der Waals surface area contributed by atoms with Crippen molar-refractivity contribution in [1.82, 2.24) is 9.78 Å². The second-order valence-corrected chi connectivity index (χ2v) is 6.20. The van der Waals surface area contributed by atoms with Gasteiger partial charge in [-0.1, -0.05) is 41.9 Å². The van der Waals surface area contributed by atoms with E-state index in [-0.39, 0.29) is 24.5 Å². The van der Waals surface area contributed by atoms with Crippen LogP contribution in [0.15, 0.2) is 54.6 Å². The van der Waals surface area contributed by atoms with Crippen molar-refractivity contribution < 1.29 is 19.1 Å². The van der Waals surface area contributed by atoms with Crippen molar-refractivity contribution in [3.05, 3.63) is 70.9 Å². The summed E-state index contributed by atoms with van der Waals surface area (Å²) in [6, 6.07) is 16.1. The van der Waals surface area contributed by atoms with E-state index in [0.717, 1.165) is 0 Å². The second kappa shape index (κ2) is 8.71. The van der Waals surface area contributed by atoms with E-state index in [0.29, 0.717) is 22.0 Å². The van der Waals surface area contributed by atoms with Crippen molar-refractivity contribution in [3.8, 4) is 16.9 Å². The van der Waals surface area contributed by atoms with Crippen molar-refractivity contribution in [2.24, 2.45) is 0 Å². The average molecular weight is 399 g/mol. The Morgan fingerprint density at radius 1 is 0.929 bits per heavy atom. The predicted octanol–water partition coefficient (Wildman–Crippen LogP) is 4.55. The number of benzene rings is 2. The molecule has 0 amide bonds. The van der Waals surface area contributed by atoms with Gasteiger partial charge in [0, 0.05) is 10.6 Å². The molecule has 0 N–H and O–H groups in total. The van der Waals surface area contributed by atoms with Crippen LogP contribution in [0.4, 0.5) is 0 Å². The van der Waals surface area contributed by atoms with Gasteiger partial charge in [-0.15, -0.1) is 0 Å². The van der Waals surface area contributed by atoms with Crippen LogP contribution in [-0.4, -0.2) is 34.9 Å². The van der Waals surface area contributed by atoms with Crippen LogP contribution >= 0.6 is 11.6 Å². The lowest BCUT2D eigenvalue weighted by Crippen LogP contribution is -2.13. The van der Waals surface area contributed by atoms with E-state index in [1.165, 1.54) is 0 Å². The summed E-state index contributed by atoms with van der Waals surface area (Å²) < 4.78 is 11.9. The van der Waals surface area contributed by atoms with Gasteiger partial charge in [0.15, 0.2) is 5.69 Å². The number of aromatic nitrogens is 2. The summed E-state index contributed by atoms with van der Waals surface area (Å²) in [6.07, 6.45) is 0. The van der Waals surface area contributed by atoms with Crippen molar-refractivity contribution in [2.75, 3.05) is 13.2 Å². The lowest BCUT2D eigenvalue weighted by molar-refractivity contribution is 0.0476. The van der Waals surface area contributed by atoms with Gasteiger partial charge < -0.3 is 9.47 Å². The van der Waals surface area contributed by atoms with Crippen molar-refractivity contribution in [1.29, 1.82) is 0 Å². The largest absolute Gasteiger partial charge is 0.462 e. The van der Waals surface area contributed by atoms with E-state index in [1.54, 1.807) is 42.8 Å². The number of nitrogens with zero attached hydrogens (tertiary/aromatic N) is 2. The zero-order valence-corrected chi connectivity index (χ0v) is 16.3. The van der Waals surface area contributed by atoms with Crippen LogP contribution in [0, 0.1) is 0 Å². The maximum Gasteiger partial charge on any atom is 0.359 e. The molecule has 1 aromatic heterocycles. The van der Waals surface area contributed by atoms with Gasteiger partial charge in [-0.05, 0) is 38.1 Å². The maximum atomic E-state index is 12.8. The highest BCUT2D eigenvalue weighted by Gasteiger charge is 2.31. The van der Waals surface area contributed by atoms with Crippen molar-refractivity contribution >= 4 is 23.5 Å². The first kappa shape index (κ1) is 19.6.